The first-order valence-corrected chi connectivity index (χ1v) is 24.0. The highest BCUT2D eigenvalue weighted by molar-refractivity contribution is 7.99. The molecule has 0 atom stereocenters. The lowest BCUT2D eigenvalue weighted by atomic mass is 9.82. The number of allylic oxidation sites excluding steroid dienone is 4. The SMILES string of the molecule is C=C/C=C\c1c(C)c(C)c(/C=C(/C)C=C)n1-c1ccc2c(c1)C(C)(C)c1cc(Sc3ccccc3C)ccc1-2.Cc1ccc2oc3ccccc3c2c1.Cc1ccccc1-c1ccccc1C. The Balaban J connectivity index is 0.000000174. The fourth-order valence-corrected chi connectivity index (χ4v) is 10.2. The zero-order valence-corrected chi connectivity index (χ0v) is 41.3. The van der Waals surface area contributed by atoms with Crippen molar-refractivity contribution in [2.24, 2.45) is 0 Å². The number of rotatable bonds is 8. The van der Waals surface area contributed by atoms with Gasteiger partial charge in [-0.1, -0.05) is 166 Å². The summed E-state index contributed by atoms with van der Waals surface area (Å²) in [5.74, 6) is 0. The molecule has 0 N–H and O–H groups in total. The summed E-state index contributed by atoms with van der Waals surface area (Å²) >= 11 is 1.85. The average Bonchev–Trinajstić information content (AvgIpc) is 3.89. The molecule has 0 saturated heterocycles. The molecule has 0 saturated carbocycles. The van der Waals surface area contributed by atoms with Gasteiger partial charge in [-0.25, -0.2) is 0 Å². The first-order valence-electron chi connectivity index (χ1n) is 23.1. The lowest BCUT2D eigenvalue weighted by Gasteiger charge is -2.23. The molecule has 2 nitrogen and oxygen atoms in total. The Labute approximate surface area is 402 Å². The van der Waals surface area contributed by atoms with Gasteiger partial charge in [-0.2, -0.15) is 0 Å². The van der Waals surface area contributed by atoms with Gasteiger partial charge in [0.2, 0.25) is 0 Å². The van der Waals surface area contributed by atoms with E-state index >= 15 is 0 Å². The van der Waals surface area contributed by atoms with Gasteiger partial charge in [0.15, 0.2) is 0 Å². The summed E-state index contributed by atoms with van der Waals surface area (Å²) in [4.78, 5) is 2.59. The maximum Gasteiger partial charge on any atom is 0.135 e. The maximum absolute atomic E-state index is 5.71. The minimum Gasteiger partial charge on any atom is -0.456 e. The molecule has 0 aliphatic heterocycles. The van der Waals surface area contributed by atoms with E-state index in [0.717, 1.165) is 16.7 Å². The lowest BCUT2D eigenvalue weighted by molar-refractivity contribution is 0.658. The van der Waals surface area contributed by atoms with Crippen LogP contribution >= 0.6 is 11.8 Å². The number of aromatic nitrogens is 1. The number of fused-ring (bicyclic) bond motifs is 6. The first-order chi connectivity index (χ1) is 32.3. The Morgan fingerprint density at radius 1 is 0.567 bits per heavy atom. The van der Waals surface area contributed by atoms with Gasteiger partial charge in [0, 0.05) is 43.1 Å². The molecule has 0 radical (unpaired) electrons. The van der Waals surface area contributed by atoms with E-state index in [1.165, 1.54) is 104 Å². The molecule has 10 rings (SSSR count). The van der Waals surface area contributed by atoms with Crippen molar-refractivity contribution in [2.75, 3.05) is 0 Å². The largest absolute Gasteiger partial charge is 0.456 e. The molecule has 1 aliphatic rings. The summed E-state index contributed by atoms with van der Waals surface area (Å²) in [7, 11) is 0. The van der Waals surface area contributed by atoms with Gasteiger partial charge in [0.1, 0.15) is 11.2 Å². The number of hydrogen-bond acceptors (Lipinski definition) is 2. The van der Waals surface area contributed by atoms with Gasteiger partial charge in [-0.3, -0.25) is 0 Å². The molecule has 0 spiro atoms. The van der Waals surface area contributed by atoms with E-state index in [9.17, 15) is 0 Å². The number of hydrogen-bond donors (Lipinski definition) is 0. The van der Waals surface area contributed by atoms with Crippen molar-refractivity contribution in [1.82, 2.24) is 4.57 Å². The number of para-hydroxylation sites is 1. The Hall–Kier alpha value is -7.07. The van der Waals surface area contributed by atoms with E-state index in [2.05, 4.69) is 220 Å². The van der Waals surface area contributed by atoms with Gasteiger partial charge < -0.3 is 8.98 Å². The number of benzene rings is 7. The third-order valence-corrected chi connectivity index (χ3v) is 14.4. The highest BCUT2D eigenvalue weighted by atomic mass is 32.2. The predicted octanol–water partition coefficient (Wildman–Crippen LogP) is 18.5. The van der Waals surface area contributed by atoms with Gasteiger partial charge >= 0.3 is 0 Å². The van der Waals surface area contributed by atoms with Crippen molar-refractivity contribution in [3.05, 3.63) is 245 Å². The van der Waals surface area contributed by atoms with Gasteiger partial charge in [-0.05, 0) is 176 Å². The summed E-state index contributed by atoms with van der Waals surface area (Å²) < 4.78 is 8.09. The van der Waals surface area contributed by atoms with Crippen molar-refractivity contribution >= 4 is 45.9 Å². The Kier molecular flexibility index (Phi) is 13.7. The highest BCUT2D eigenvalue weighted by Gasteiger charge is 2.36. The van der Waals surface area contributed by atoms with Gasteiger partial charge in [0.05, 0.1) is 0 Å². The van der Waals surface area contributed by atoms with Crippen LogP contribution in [0, 0.1) is 41.5 Å². The molecule has 0 fully saturated rings. The first kappa shape index (κ1) is 46.5. The minimum absolute atomic E-state index is 0.107. The molecule has 3 heteroatoms. The third kappa shape index (κ3) is 9.48. The zero-order valence-electron chi connectivity index (χ0n) is 40.5. The van der Waals surface area contributed by atoms with Crippen LogP contribution in [0.5, 0.6) is 0 Å². The second-order valence-electron chi connectivity index (χ2n) is 18.2. The van der Waals surface area contributed by atoms with Crippen LogP contribution in [0.25, 0.3) is 62.0 Å². The normalized spacial score (nSPS) is 12.6. The lowest BCUT2D eigenvalue weighted by Crippen LogP contribution is -2.15. The Morgan fingerprint density at radius 3 is 1.81 bits per heavy atom. The molecule has 2 heterocycles. The van der Waals surface area contributed by atoms with Crippen LogP contribution in [-0.4, -0.2) is 4.57 Å². The van der Waals surface area contributed by atoms with Gasteiger partial charge in [0.25, 0.3) is 0 Å². The van der Waals surface area contributed by atoms with Crippen LogP contribution in [0.4, 0.5) is 0 Å². The van der Waals surface area contributed by atoms with E-state index in [1.807, 2.05) is 54.3 Å². The summed E-state index contributed by atoms with van der Waals surface area (Å²) in [5, 5.41) is 2.41. The standard InChI is InChI=1S/C37H37NS.C14H14.C13H10O/c1-9-11-15-34-26(5)27(6)35(21-24(3)10-2)38(34)28-17-19-30-31-20-18-29(39-36-16-13-12-14-25(36)4)23-33(31)37(7,8)32(30)22-28;1-11-7-3-5-9-13(11)14-10-6-4-8-12(14)2;1-9-6-7-13-11(8-9)10-4-2-3-5-12(10)14-13/h9-23H,1-2H2,3-8H3;3-10H,1-2H3;2-8H,1H3/b15-11-,24-21-;;. The van der Waals surface area contributed by atoms with Crippen LogP contribution < -0.4 is 0 Å². The Morgan fingerprint density at radius 2 is 1.15 bits per heavy atom. The second kappa shape index (κ2) is 19.8. The molecular formula is C64H61NOS. The molecule has 67 heavy (non-hydrogen) atoms. The van der Waals surface area contributed by atoms with E-state index < -0.39 is 0 Å². The van der Waals surface area contributed by atoms with Crippen molar-refractivity contribution in [1.29, 1.82) is 0 Å². The van der Waals surface area contributed by atoms with Crippen LogP contribution in [0.2, 0.25) is 0 Å². The maximum atomic E-state index is 5.71. The van der Waals surface area contributed by atoms with Crippen molar-refractivity contribution < 1.29 is 4.42 Å². The molecule has 334 valence electrons. The van der Waals surface area contributed by atoms with Crippen LogP contribution in [0.3, 0.4) is 0 Å². The molecule has 0 unspecified atom stereocenters. The topological polar surface area (TPSA) is 18.1 Å². The predicted molar refractivity (Wildman–Crippen MR) is 291 cm³/mol. The molecule has 0 bridgehead atoms. The molecule has 7 aromatic carbocycles. The van der Waals surface area contributed by atoms with Crippen molar-refractivity contribution in [2.45, 2.75) is 77.5 Å². The monoisotopic (exact) mass is 891 g/mol. The highest BCUT2D eigenvalue weighted by Crippen LogP contribution is 2.51. The van der Waals surface area contributed by atoms with Crippen LogP contribution in [-0.2, 0) is 5.41 Å². The van der Waals surface area contributed by atoms with E-state index in [4.69, 9.17) is 4.42 Å². The number of furan rings is 1. The summed E-state index contributed by atoms with van der Waals surface area (Å²) in [6, 6.07) is 54.0. The molecule has 2 aromatic heterocycles. The fourth-order valence-electron chi connectivity index (χ4n) is 9.23. The summed E-state index contributed by atoms with van der Waals surface area (Å²) in [6.07, 6.45) is 10.2. The van der Waals surface area contributed by atoms with E-state index in [-0.39, 0.29) is 5.41 Å². The third-order valence-electron chi connectivity index (χ3n) is 13.2. The van der Waals surface area contributed by atoms with Crippen LogP contribution in [0.1, 0.15) is 76.7 Å². The molecule has 1 aliphatic carbocycles. The number of aryl methyl sites for hydroxylation is 4. The quantitative estimate of drug-likeness (QED) is 0.142. The molecule has 9 aromatic rings. The van der Waals surface area contributed by atoms with Gasteiger partial charge in [-0.15, -0.1) is 0 Å². The van der Waals surface area contributed by atoms with E-state index in [1.54, 1.807) is 0 Å². The average molecular weight is 892 g/mol. The summed E-state index contributed by atoms with van der Waals surface area (Å²) in [6.45, 7) is 27.7. The smallest absolute Gasteiger partial charge is 0.135 e. The summed E-state index contributed by atoms with van der Waals surface area (Å²) in [5.41, 5.74) is 22.4. The number of nitrogens with zero attached hydrogens (tertiary/aromatic N) is 1. The van der Waals surface area contributed by atoms with Crippen molar-refractivity contribution in [3.63, 3.8) is 0 Å². The molecular weight excluding hydrogens is 831 g/mol. The Bertz CT molecular complexity index is 3320. The zero-order chi connectivity index (χ0) is 47.4. The molecule has 0 amide bonds. The van der Waals surface area contributed by atoms with E-state index in [0.29, 0.717) is 0 Å². The minimum atomic E-state index is -0.107. The van der Waals surface area contributed by atoms with Crippen LogP contribution in [0.15, 0.2) is 203 Å². The van der Waals surface area contributed by atoms with Crippen molar-refractivity contribution in [3.8, 4) is 27.9 Å². The second-order valence-corrected chi connectivity index (χ2v) is 19.3. The fraction of sp³-hybridized carbons (Fsp3) is 0.156.